The van der Waals surface area contributed by atoms with Crippen molar-refractivity contribution in [3.63, 3.8) is 0 Å². The molecule has 21 heavy (non-hydrogen) atoms. The highest BCUT2D eigenvalue weighted by Crippen LogP contribution is 2.35. The van der Waals surface area contributed by atoms with Gasteiger partial charge in [0.2, 0.25) is 0 Å². The number of nitrogens with one attached hydrogen (secondary N) is 1. The minimum Gasteiger partial charge on any atom is -0.483 e. The minimum absolute atomic E-state index is 0.0566. The van der Waals surface area contributed by atoms with Gasteiger partial charge in [0.1, 0.15) is 0 Å². The van der Waals surface area contributed by atoms with Crippen molar-refractivity contribution in [2.75, 3.05) is 7.05 Å². The number of nitro benzene ring substituents is 1. The zero-order chi connectivity index (χ0) is 15.4. The van der Waals surface area contributed by atoms with E-state index in [-0.39, 0.29) is 16.7 Å². The molecule has 0 heterocycles. The van der Waals surface area contributed by atoms with Gasteiger partial charge in [0.25, 0.3) is 0 Å². The molecule has 1 aliphatic carbocycles. The standard InChI is InChI=1S/C16H24N2O3/c1-11-4-6-14(8-12(11)2)21-16-9-13(10-17-3)5-7-15(16)18(19)20/h5,7,9,11-12,14,17H,4,6,8,10H2,1-3H3. The quantitative estimate of drug-likeness (QED) is 0.666. The smallest absolute Gasteiger partial charge is 0.310 e. The van der Waals surface area contributed by atoms with Gasteiger partial charge in [-0.3, -0.25) is 10.1 Å². The van der Waals surface area contributed by atoms with Crippen molar-refractivity contribution >= 4 is 5.69 Å². The number of hydrogen-bond acceptors (Lipinski definition) is 4. The van der Waals surface area contributed by atoms with Gasteiger partial charge >= 0.3 is 5.69 Å². The molecule has 116 valence electrons. The van der Waals surface area contributed by atoms with E-state index in [9.17, 15) is 10.1 Å². The minimum atomic E-state index is -0.368. The number of nitro groups is 1. The highest BCUT2D eigenvalue weighted by Gasteiger charge is 2.27. The number of rotatable bonds is 5. The van der Waals surface area contributed by atoms with E-state index in [1.54, 1.807) is 12.1 Å². The first kappa shape index (κ1) is 15.8. The second-order valence-electron chi connectivity index (χ2n) is 6.10. The van der Waals surface area contributed by atoms with Gasteiger partial charge in [0.05, 0.1) is 11.0 Å². The zero-order valence-electron chi connectivity index (χ0n) is 13.0. The third-order valence-corrected chi connectivity index (χ3v) is 4.45. The molecule has 0 spiro atoms. The predicted molar refractivity (Wildman–Crippen MR) is 82.5 cm³/mol. The third-order valence-electron chi connectivity index (χ3n) is 4.45. The summed E-state index contributed by atoms with van der Waals surface area (Å²) in [7, 11) is 1.85. The van der Waals surface area contributed by atoms with Crippen molar-refractivity contribution in [1.82, 2.24) is 5.32 Å². The molecule has 0 amide bonds. The fourth-order valence-corrected chi connectivity index (χ4v) is 2.90. The molecule has 1 aromatic carbocycles. The van der Waals surface area contributed by atoms with Crippen LogP contribution in [0.15, 0.2) is 18.2 Å². The molecule has 0 radical (unpaired) electrons. The van der Waals surface area contributed by atoms with Crippen LogP contribution in [0, 0.1) is 22.0 Å². The Morgan fingerprint density at radius 2 is 2.10 bits per heavy atom. The van der Waals surface area contributed by atoms with Crippen LogP contribution in [0.1, 0.15) is 38.7 Å². The normalized spacial score (nSPS) is 25.6. The van der Waals surface area contributed by atoms with Crippen molar-refractivity contribution in [3.8, 4) is 5.75 Å². The maximum atomic E-state index is 11.2. The molecule has 1 N–H and O–H groups in total. The first-order valence-corrected chi connectivity index (χ1v) is 7.59. The zero-order valence-corrected chi connectivity index (χ0v) is 13.0. The molecule has 1 fully saturated rings. The van der Waals surface area contributed by atoms with Gasteiger partial charge in [-0.2, -0.15) is 0 Å². The Balaban J connectivity index is 2.16. The summed E-state index contributed by atoms with van der Waals surface area (Å²) in [5.74, 6) is 1.71. The van der Waals surface area contributed by atoms with Crippen molar-refractivity contribution in [2.24, 2.45) is 11.8 Å². The van der Waals surface area contributed by atoms with E-state index in [0.29, 0.717) is 24.1 Å². The number of hydrogen-bond donors (Lipinski definition) is 1. The Morgan fingerprint density at radius 3 is 2.71 bits per heavy atom. The SMILES string of the molecule is CNCc1ccc([N+](=O)[O-])c(OC2CCC(C)C(C)C2)c1. The Morgan fingerprint density at radius 1 is 1.33 bits per heavy atom. The lowest BCUT2D eigenvalue weighted by molar-refractivity contribution is -0.386. The van der Waals surface area contributed by atoms with Crippen LogP contribution in [0.2, 0.25) is 0 Å². The fraction of sp³-hybridized carbons (Fsp3) is 0.625. The average molecular weight is 292 g/mol. The lowest BCUT2D eigenvalue weighted by Gasteiger charge is -2.32. The Bertz CT molecular complexity index is 504. The number of nitrogens with zero attached hydrogens (tertiary/aromatic N) is 1. The van der Waals surface area contributed by atoms with Crippen LogP contribution < -0.4 is 10.1 Å². The molecular formula is C16H24N2O3. The van der Waals surface area contributed by atoms with Crippen molar-refractivity contribution in [3.05, 3.63) is 33.9 Å². The molecule has 1 aliphatic rings. The topological polar surface area (TPSA) is 64.4 Å². The van der Waals surface area contributed by atoms with Crippen LogP contribution >= 0.6 is 0 Å². The second-order valence-corrected chi connectivity index (χ2v) is 6.10. The lowest BCUT2D eigenvalue weighted by atomic mass is 9.80. The maximum absolute atomic E-state index is 11.2. The molecule has 1 aromatic rings. The second kappa shape index (κ2) is 6.89. The molecule has 0 bridgehead atoms. The van der Waals surface area contributed by atoms with Crippen molar-refractivity contribution < 1.29 is 9.66 Å². The molecular weight excluding hydrogens is 268 g/mol. The Hall–Kier alpha value is -1.62. The van der Waals surface area contributed by atoms with Crippen LogP contribution in [0.4, 0.5) is 5.69 Å². The third kappa shape index (κ3) is 3.94. The van der Waals surface area contributed by atoms with Crippen LogP contribution in [0.25, 0.3) is 0 Å². The van der Waals surface area contributed by atoms with E-state index in [2.05, 4.69) is 19.2 Å². The summed E-state index contributed by atoms with van der Waals surface area (Å²) in [5.41, 5.74) is 1.05. The van der Waals surface area contributed by atoms with Gasteiger partial charge in [-0.25, -0.2) is 0 Å². The molecule has 0 aliphatic heterocycles. The Kier molecular flexibility index (Phi) is 5.17. The molecule has 0 saturated heterocycles. The van der Waals surface area contributed by atoms with Crippen LogP contribution in [0.3, 0.4) is 0 Å². The van der Waals surface area contributed by atoms with Crippen molar-refractivity contribution in [1.29, 1.82) is 0 Å². The molecule has 0 aromatic heterocycles. The molecule has 2 rings (SSSR count). The van der Waals surface area contributed by atoms with E-state index >= 15 is 0 Å². The van der Waals surface area contributed by atoms with Gasteiger partial charge in [-0.1, -0.05) is 19.9 Å². The van der Waals surface area contributed by atoms with Crippen LogP contribution in [-0.4, -0.2) is 18.1 Å². The van der Waals surface area contributed by atoms with Crippen LogP contribution in [-0.2, 0) is 6.54 Å². The van der Waals surface area contributed by atoms with E-state index in [1.807, 2.05) is 7.05 Å². The summed E-state index contributed by atoms with van der Waals surface area (Å²) < 4.78 is 5.98. The van der Waals surface area contributed by atoms with E-state index in [1.165, 1.54) is 6.07 Å². The molecule has 5 heteroatoms. The summed E-state index contributed by atoms with van der Waals surface area (Å²) in [6.07, 6.45) is 3.14. The maximum Gasteiger partial charge on any atom is 0.310 e. The van der Waals surface area contributed by atoms with E-state index < -0.39 is 0 Å². The summed E-state index contributed by atoms with van der Waals surface area (Å²) in [6, 6.07) is 5.10. The largest absolute Gasteiger partial charge is 0.483 e. The van der Waals surface area contributed by atoms with Gasteiger partial charge in [0, 0.05) is 12.6 Å². The van der Waals surface area contributed by atoms with Gasteiger partial charge in [-0.05, 0) is 49.8 Å². The number of benzene rings is 1. The molecule has 5 nitrogen and oxygen atoms in total. The van der Waals surface area contributed by atoms with E-state index in [4.69, 9.17) is 4.74 Å². The summed E-state index contributed by atoms with van der Waals surface area (Å²) >= 11 is 0. The summed E-state index contributed by atoms with van der Waals surface area (Å²) in [6.45, 7) is 5.16. The molecule has 1 saturated carbocycles. The molecule has 3 unspecified atom stereocenters. The van der Waals surface area contributed by atoms with Gasteiger partial charge < -0.3 is 10.1 Å². The number of ether oxygens (including phenoxy) is 1. The fourth-order valence-electron chi connectivity index (χ4n) is 2.90. The summed E-state index contributed by atoms with van der Waals surface area (Å²) in [5, 5.41) is 14.2. The summed E-state index contributed by atoms with van der Waals surface area (Å²) in [4.78, 5) is 10.8. The van der Waals surface area contributed by atoms with Crippen molar-refractivity contribution in [2.45, 2.75) is 45.8 Å². The Labute approximate surface area is 125 Å². The van der Waals surface area contributed by atoms with Gasteiger partial charge in [0.15, 0.2) is 5.75 Å². The molecule has 3 atom stereocenters. The first-order valence-electron chi connectivity index (χ1n) is 7.59. The highest BCUT2D eigenvalue weighted by atomic mass is 16.6. The first-order chi connectivity index (χ1) is 10.0. The average Bonchev–Trinajstić information content (AvgIpc) is 2.43. The van der Waals surface area contributed by atoms with Crippen LogP contribution in [0.5, 0.6) is 5.75 Å². The predicted octanol–water partition coefficient (Wildman–Crippen LogP) is 3.52. The highest BCUT2D eigenvalue weighted by molar-refractivity contribution is 5.48. The van der Waals surface area contributed by atoms with Gasteiger partial charge in [-0.15, -0.1) is 0 Å². The monoisotopic (exact) mass is 292 g/mol. The van der Waals surface area contributed by atoms with E-state index in [0.717, 1.165) is 24.8 Å². The lowest BCUT2D eigenvalue weighted by Crippen LogP contribution is -2.29.